The summed E-state index contributed by atoms with van der Waals surface area (Å²) in [5.41, 5.74) is 2.83. The summed E-state index contributed by atoms with van der Waals surface area (Å²) in [7, 11) is 1.65. The Balaban J connectivity index is 1.36. The Morgan fingerprint density at radius 2 is 1.90 bits per heavy atom. The van der Waals surface area contributed by atoms with Crippen LogP contribution in [0.4, 0.5) is 0 Å². The molecule has 1 aromatic heterocycles. The number of amides is 1. The molecule has 2 aromatic rings. The number of carbonyl (C=O) groups is 1. The van der Waals surface area contributed by atoms with Gasteiger partial charge in [-0.15, -0.1) is 0 Å². The molecule has 0 spiro atoms. The summed E-state index contributed by atoms with van der Waals surface area (Å²) in [5.74, 6) is 1.02. The molecule has 3 aliphatic rings. The molecule has 1 amide bonds. The van der Waals surface area contributed by atoms with Crippen molar-refractivity contribution in [3.8, 4) is 5.75 Å². The third-order valence-corrected chi connectivity index (χ3v) is 7.35. The summed E-state index contributed by atoms with van der Waals surface area (Å²) in [6, 6.07) is 9.74. The van der Waals surface area contributed by atoms with Crippen LogP contribution < -0.4 is 10.3 Å². The zero-order valence-corrected chi connectivity index (χ0v) is 18.3. The van der Waals surface area contributed by atoms with E-state index in [0.717, 1.165) is 80.5 Å². The molecular formula is C25H31N3O3. The van der Waals surface area contributed by atoms with Crippen molar-refractivity contribution in [1.82, 2.24) is 14.7 Å². The predicted molar refractivity (Wildman–Crippen MR) is 118 cm³/mol. The topological polar surface area (TPSA) is 64.4 Å². The minimum atomic E-state index is -0.402. The van der Waals surface area contributed by atoms with Crippen molar-refractivity contribution in [2.45, 2.75) is 75.8 Å². The predicted octanol–water partition coefficient (Wildman–Crippen LogP) is 3.24. The molecule has 0 bridgehead atoms. The van der Waals surface area contributed by atoms with Crippen molar-refractivity contribution in [1.29, 1.82) is 0 Å². The zero-order valence-electron chi connectivity index (χ0n) is 18.3. The quantitative estimate of drug-likeness (QED) is 0.696. The Bertz CT molecular complexity index is 1020. The number of hydrogen-bond donors (Lipinski definition) is 0. The van der Waals surface area contributed by atoms with Crippen LogP contribution in [0.5, 0.6) is 5.75 Å². The van der Waals surface area contributed by atoms with Gasteiger partial charge in [0.1, 0.15) is 5.75 Å². The minimum Gasteiger partial charge on any atom is -0.497 e. The van der Waals surface area contributed by atoms with Crippen molar-refractivity contribution < 1.29 is 9.53 Å². The van der Waals surface area contributed by atoms with Crippen LogP contribution in [0.3, 0.4) is 0 Å². The van der Waals surface area contributed by atoms with E-state index in [1.807, 2.05) is 29.2 Å². The average molecular weight is 422 g/mol. The number of carbonyl (C=O) groups excluding carboxylic acids is 1. The summed E-state index contributed by atoms with van der Waals surface area (Å²) < 4.78 is 6.89. The van der Waals surface area contributed by atoms with Gasteiger partial charge in [0.25, 0.3) is 5.56 Å². The van der Waals surface area contributed by atoms with E-state index < -0.39 is 5.41 Å². The van der Waals surface area contributed by atoms with Gasteiger partial charge in [0.05, 0.1) is 30.8 Å². The van der Waals surface area contributed by atoms with E-state index in [4.69, 9.17) is 9.84 Å². The van der Waals surface area contributed by atoms with E-state index in [-0.39, 0.29) is 17.5 Å². The molecule has 0 unspecified atom stereocenters. The van der Waals surface area contributed by atoms with Crippen LogP contribution in [0.2, 0.25) is 0 Å². The average Bonchev–Trinajstić information content (AvgIpc) is 3.52. The standard InChI is InChI=1S/C25H31N3O3/c1-31-21-11-9-19(10-12-21)25(13-14-25)24(30)27-15-5-7-20(27)17-28-23(29)16-18-6-3-2-4-8-22(18)26-28/h9-12,16,20H,2-8,13-15,17H2,1H3/t20-/m0/s1. The van der Waals surface area contributed by atoms with Crippen LogP contribution in [0, 0.1) is 0 Å². The van der Waals surface area contributed by atoms with Gasteiger partial charge >= 0.3 is 0 Å². The maximum atomic E-state index is 13.6. The van der Waals surface area contributed by atoms with Crippen LogP contribution in [-0.4, -0.2) is 40.3 Å². The van der Waals surface area contributed by atoms with E-state index in [0.29, 0.717) is 6.54 Å². The Morgan fingerprint density at radius 1 is 1.13 bits per heavy atom. The number of ether oxygens (including phenoxy) is 1. The lowest BCUT2D eigenvalue weighted by atomic mass is 9.94. The first-order valence-electron chi connectivity index (χ1n) is 11.7. The third-order valence-electron chi connectivity index (χ3n) is 7.35. The molecule has 1 aliphatic heterocycles. The fourth-order valence-corrected chi connectivity index (χ4v) is 5.34. The fraction of sp³-hybridized carbons (Fsp3) is 0.560. The molecule has 2 heterocycles. The molecule has 6 heteroatoms. The van der Waals surface area contributed by atoms with Gasteiger partial charge < -0.3 is 9.64 Å². The second-order valence-corrected chi connectivity index (χ2v) is 9.30. The fourth-order valence-electron chi connectivity index (χ4n) is 5.34. The molecule has 5 rings (SSSR count). The molecule has 1 aromatic carbocycles. The number of aryl methyl sites for hydroxylation is 2. The smallest absolute Gasteiger partial charge is 0.267 e. The van der Waals surface area contributed by atoms with Gasteiger partial charge in [-0.2, -0.15) is 5.10 Å². The van der Waals surface area contributed by atoms with Gasteiger partial charge in [0.15, 0.2) is 0 Å². The lowest BCUT2D eigenvalue weighted by Gasteiger charge is -2.29. The molecule has 0 N–H and O–H groups in total. The first-order chi connectivity index (χ1) is 15.1. The molecule has 0 radical (unpaired) electrons. The molecule has 1 atom stereocenters. The van der Waals surface area contributed by atoms with Crippen LogP contribution in [0.1, 0.15) is 61.8 Å². The SMILES string of the molecule is COc1ccc(C2(C(=O)N3CCC[C@H]3Cn3nc4c(cc3=O)CCCCC4)CC2)cc1. The molecule has 1 saturated heterocycles. The summed E-state index contributed by atoms with van der Waals surface area (Å²) >= 11 is 0. The highest BCUT2D eigenvalue weighted by Crippen LogP contribution is 2.50. The number of hydrogen-bond acceptors (Lipinski definition) is 4. The van der Waals surface area contributed by atoms with Gasteiger partial charge in [-0.3, -0.25) is 9.59 Å². The maximum absolute atomic E-state index is 13.6. The van der Waals surface area contributed by atoms with Crippen molar-refractivity contribution in [3.63, 3.8) is 0 Å². The number of methoxy groups -OCH3 is 1. The van der Waals surface area contributed by atoms with E-state index in [9.17, 15) is 9.59 Å². The van der Waals surface area contributed by atoms with Crippen molar-refractivity contribution >= 4 is 5.91 Å². The van der Waals surface area contributed by atoms with Gasteiger partial charge in [0.2, 0.25) is 5.91 Å². The number of benzene rings is 1. The minimum absolute atomic E-state index is 0.0313. The summed E-state index contributed by atoms with van der Waals surface area (Å²) in [6.07, 6.45) is 9.05. The largest absolute Gasteiger partial charge is 0.497 e. The van der Waals surface area contributed by atoms with Gasteiger partial charge in [-0.1, -0.05) is 18.6 Å². The van der Waals surface area contributed by atoms with Crippen LogP contribution in [0.15, 0.2) is 35.1 Å². The second-order valence-electron chi connectivity index (χ2n) is 9.30. The lowest BCUT2D eigenvalue weighted by Crippen LogP contribution is -2.45. The van der Waals surface area contributed by atoms with E-state index in [1.54, 1.807) is 17.9 Å². The number of likely N-dealkylation sites (tertiary alicyclic amines) is 1. The molecule has 2 aliphatic carbocycles. The van der Waals surface area contributed by atoms with Crippen LogP contribution in [-0.2, 0) is 29.6 Å². The summed E-state index contributed by atoms with van der Waals surface area (Å²) in [4.78, 5) is 28.4. The molecular weight excluding hydrogens is 390 g/mol. The molecule has 164 valence electrons. The first kappa shape index (κ1) is 20.3. The van der Waals surface area contributed by atoms with Crippen molar-refractivity contribution in [3.05, 3.63) is 57.5 Å². The van der Waals surface area contributed by atoms with E-state index >= 15 is 0 Å². The molecule has 31 heavy (non-hydrogen) atoms. The number of nitrogens with zero attached hydrogens (tertiary/aromatic N) is 3. The van der Waals surface area contributed by atoms with E-state index in [2.05, 4.69) is 0 Å². The highest BCUT2D eigenvalue weighted by molar-refractivity contribution is 5.91. The van der Waals surface area contributed by atoms with Crippen LogP contribution in [0.25, 0.3) is 0 Å². The normalized spacial score (nSPS) is 22.0. The van der Waals surface area contributed by atoms with Crippen molar-refractivity contribution in [2.24, 2.45) is 0 Å². The van der Waals surface area contributed by atoms with Gasteiger partial charge in [-0.05, 0) is 74.6 Å². The van der Waals surface area contributed by atoms with Gasteiger partial charge in [-0.25, -0.2) is 4.68 Å². The number of fused-ring (bicyclic) bond motifs is 1. The molecule has 6 nitrogen and oxygen atoms in total. The van der Waals surface area contributed by atoms with Crippen molar-refractivity contribution in [2.75, 3.05) is 13.7 Å². The Morgan fingerprint density at radius 3 is 2.65 bits per heavy atom. The zero-order chi connectivity index (χ0) is 21.4. The van der Waals surface area contributed by atoms with E-state index in [1.165, 1.54) is 6.42 Å². The Hall–Kier alpha value is -2.63. The highest BCUT2D eigenvalue weighted by atomic mass is 16.5. The second kappa shape index (κ2) is 8.13. The monoisotopic (exact) mass is 421 g/mol. The molecule has 2 fully saturated rings. The Labute approximate surface area is 183 Å². The first-order valence-corrected chi connectivity index (χ1v) is 11.7. The van der Waals surface area contributed by atoms with Gasteiger partial charge in [0, 0.05) is 12.6 Å². The molecule has 1 saturated carbocycles. The summed E-state index contributed by atoms with van der Waals surface area (Å²) in [6.45, 7) is 1.26. The Kier molecular flexibility index (Phi) is 5.32. The highest BCUT2D eigenvalue weighted by Gasteiger charge is 2.54. The number of aromatic nitrogens is 2. The van der Waals surface area contributed by atoms with Crippen LogP contribution >= 0.6 is 0 Å². The third kappa shape index (κ3) is 3.77. The lowest BCUT2D eigenvalue weighted by molar-refractivity contribution is -0.135. The number of rotatable bonds is 5. The summed E-state index contributed by atoms with van der Waals surface area (Å²) in [5, 5.41) is 4.74. The maximum Gasteiger partial charge on any atom is 0.267 e.